The van der Waals surface area contributed by atoms with E-state index in [1.807, 2.05) is 31.9 Å². The Bertz CT molecular complexity index is 705. The van der Waals surface area contributed by atoms with Gasteiger partial charge in [0.25, 0.3) is 0 Å². The van der Waals surface area contributed by atoms with Crippen LogP contribution in [0.2, 0.25) is 0 Å². The Kier molecular flexibility index (Phi) is 4.34. The minimum absolute atomic E-state index is 0.0559. The van der Waals surface area contributed by atoms with Crippen molar-refractivity contribution in [1.82, 2.24) is 4.90 Å². The molecule has 0 aromatic heterocycles. The van der Waals surface area contributed by atoms with E-state index < -0.39 is 17.1 Å². The van der Waals surface area contributed by atoms with Crippen LogP contribution < -0.4 is 4.74 Å². The van der Waals surface area contributed by atoms with Crippen molar-refractivity contribution < 1.29 is 24.9 Å². The van der Waals surface area contributed by atoms with E-state index in [4.69, 9.17) is 4.74 Å². The van der Waals surface area contributed by atoms with Gasteiger partial charge in [0.05, 0.1) is 13.2 Å². The molecule has 1 aliphatic carbocycles. The summed E-state index contributed by atoms with van der Waals surface area (Å²) in [6.45, 7) is 4.36. The number of aliphatic hydroxyl groups excluding tert-OH is 1. The van der Waals surface area contributed by atoms with Crippen molar-refractivity contribution in [2.75, 3.05) is 20.7 Å². The monoisotopic (exact) mass is 349 g/mol. The molecule has 2 fully saturated rings. The molecule has 4 unspecified atom stereocenters. The van der Waals surface area contributed by atoms with Gasteiger partial charge in [0.1, 0.15) is 11.4 Å². The summed E-state index contributed by atoms with van der Waals surface area (Å²) in [6.07, 6.45) is -0.689. The lowest BCUT2D eigenvalue weighted by atomic mass is 9.52. The molecule has 0 bridgehead atoms. The predicted molar refractivity (Wildman–Crippen MR) is 93.0 cm³/mol. The summed E-state index contributed by atoms with van der Waals surface area (Å²) >= 11 is 0. The van der Waals surface area contributed by atoms with Crippen LogP contribution in [0.5, 0.6) is 11.5 Å². The molecule has 1 aromatic carbocycles. The Morgan fingerprint density at radius 3 is 2.68 bits per heavy atom. The van der Waals surface area contributed by atoms with Gasteiger partial charge in [-0.3, -0.25) is 4.79 Å². The summed E-state index contributed by atoms with van der Waals surface area (Å²) in [7, 11) is 3.37. The van der Waals surface area contributed by atoms with E-state index in [9.17, 15) is 20.1 Å². The Morgan fingerprint density at radius 2 is 2.04 bits per heavy atom. The van der Waals surface area contributed by atoms with Gasteiger partial charge in [-0.25, -0.2) is 0 Å². The molecular weight excluding hydrogens is 322 g/mol. The van der Waals surface area contributed by atoms with E-state index in [-0.39, 0.29) is 30.4 Å². The van der Waals surface area contributed by atoms with Crippen LogP contribution in [0.1, 0.15) is 37.3 Å². The summed E-state index contributed by atoms with van der Waals surface area (Å²) in [5.41, 5.74) is -1.30. The molecule has 1 saturated heterocycles. The molecule has 0 radical (unpaired) electrons. The molecule has 3 rings (SSSR count). The van der Waals surface area contributed by atoms with Crippen LogP contribution in [0.3, 0.4) is 0 Å². The van der Waals surface area contributed by atoms with Gasteiger partial charge in [-0.15, -0.1) is 0 Å². The number of carbonyl (C=O) groups excluding carboxylic acids is 1. The minimum atomic E-state index is -1.54. The number of methoxy groups -OCH3 is 1. The Morgan fingerprint density at radius 1 is 1.36 bits per heavy atom. The van der Waals surface area contributed by atoms with Crippen molar-refractivity contribution >= 4 is 5.78 Å². The topological polar surface area (TPSA) is 90.2 Å². The van der Waals surface area contributed by atoms with Crippen LogP contribution >= 0.6 is 0 Å². The minimum Gasteiger partial charge on any atom is -0.504 e. The van der Waals surface area contributed by atoms with Crippen molar-refractivity contribution in [3.63, 3.8) is 0 Å². The smallest absolute Gasteiger partial charge is 0.161 e. The van der Waals surface area contributed by atoms with Crippen LogP contribution in [0.4, 0.5) is 0 Å². The average molecular weight is 349 g/mol. The number of nitrogens with zero attached hydrogens (tertiary/aromatic N) is 1. The molecule has 0 amide bonds. The maximum atomic E-state index is 12.4. The second kappa shape index (κ2) is 5.97. The van der Waals surface area contributed by atoms with E-state index in [2.05, 4.69) is 0 Å². The molecule has 138 valence electrons. The number of ether oxygens (including phenoxy) is 1. The van der Waals surface area contributed by atoms with Gasteiger partial charge in [-0.1, -0.05) is 6.07 Å². The third-order valence-corrected chi connectivity index (χ3v) is 6.43. The third kappa shape index (κ3) is 2.31. The number of likely N-dealkylation sites (N-methyl/N-ethyl adjacent to an activating group) is 1. The Hall–Kier alpha value is -1.63. The number of aliphatic hydroxyl groups is 2. The van der Waals surface area contributed by atoms with Crippen LogP contribution in [0, 0.1) is 6.92 Å². The first-order chi connectivity index (χ1) is 11.7. The number of aromatic hydroxyl groups is 1. The van der Waals surface area contributed by atoms with Crippen molar-refractivity contribution in [1.29, 1.82) is 0 Å². The molecule has 1 aliphatic heterocycles. The number of hydrogen-bond donors (Lipinski definition) is 3. The van der Waals surface area contributed by atoms with Gasteiger partial charge in [0, 0.05) is 29.9 Å². The number of benzene rings is 1. The number of Topliss-reactive ketones (excluding diaryl/α,β-unsaturated/α-hetero) is 1. The molecule has 1 heterocycles. The summed E-state index contributed by atoms with van der Waals surface area (Å²) < 4.78 is 5.25. The molecule has 4 atom stereocenters. The highest BCUT2D eigenvalue weighted by atomic mass is 16.5. The van der Waals surface area contributed by atoms with Crippen molar-refractivity contribution in [3.8, 4) is 11.5 Å². The predicted octanol–water partition coefficient (Wildman–Crippen LogP) is 1.13. The average Bonchev–Trinajstić information content (AvgIpc) is 2.55. The maximum Gasteiger partial charge on any atom is 0.161 e. The van der Waals surface area contributed by atoms with E-state index in [0.717, 1.165) is 5.56 Å². The highest BCUT2D eigenvalue weighted by Crippen LogP contribution is 2.56. The fourth-order valence-electron chi connectivity index (χ4n) is 4.96. The number of ketones is 1. The lowest BCUT2D eigenvalue weighted by Crippen LogP contribution is -2.74. The zero-order valence-electron chi connectivity index (χ0n) is 15.2. The quantitative estimate of drug-likeness (QED) is 0.741. The van der Waals surface area contributed by atoms with E-state index in [1.54, 1.807) is 6.07 Å². The highest BCUT2D eigenvalue weighted by Gasteiger charge is 2.65. The largest absolute Gasteiger partial charge is 0.504 e. The summed E-state index contributed by atoms with van der Waals surface area (Å²) in [5, 5.41) is 33.3. The van der Waals surface area contributed by atoms with Gasteiger partial charge < -0.3 is 25.0 Å². The molecule has 0 spiro atoms. The maximum absolute atomic E-state index is 12.4. The number of aryl methyl sites for hydroxylation is 1. The first-order valence-corrected chi connectivity index (χ1v) is 8.68. The second-order valence-electron chi connectivity index (χ2n) is 7.56. The zero-order chi connectivity index (χ0) is 18.6. The molecule has 25 heavy (non-hydrogen) atoms. The van der Waals surface area contributed by atoms with Crippen molar-refractivity contribution in [3.05, 3.63) is 23.3 Å². The first kappa shape index (κ1) is 18.2. The standard InChI is InChI=1S/C19H27NO5/c1-11-5-6-14(25-4)17(23)16(11)18-7-8-20(3)12(2)19(18,24)15(22)9-13(21)10-18/h5-6,12,15,22-24H,7-10H2,1-4H3. The molecular formula is C19H27NO5. The van der Waals surface area contributed by atoms with Gasteiger partial charge in [-0.2, -0.15) is 0 Å². The van der Waals surface area contributed by atoms with Gasteiger partial charge in [0.2, 0.25) is 0 Å². The summed E-state index contributed by atoms with van der Waals surface area (Å²) in [4.78, 5) is 14.4. The highest BCUT2D eigenvalue weighted by molar-refractivity contribution is 5.83. The lowest BCUT2D eigenvalue weighted by molar-refractivity contribution is -0.205. The number of hydrogen-bond acceptors (Lipinski definition) is 6. The number of fused-ring (bicyclic) bond motifs is 1. The summed E-state index contributed by atoms with van der Waals surface area (Å²) in [5.74, 6) is 0.145. The molecule has 3 N–H and O–H groups in total. The molecule has 6 heteroatoms. The second-order valence-corrected chi connectivity index (χ2v) is 7.56. The summed E-state index contributed by atoms with van der Waals surface area (Å²) in [6, 6.07) is 3.12. The number of carbonyl (C=O) groups is 1. The van der Waals surface area contributed by atoms with Crippen LogP contribution in [-0.2, 0) is 10.2 Å². The molecule has 2 aliphatic rings. The number of phenols is 1. The van der Waals surface area contributed by atoms with Crippen LogP contribution in [0.15, 0.2) is 12.1 Å². The SMILES string of the molecule is COc1ccc(C)c(C23CCN(C)C(C)C2(O)C(O)CC(=O)C3)c1O. The van der Waals surface area contributed by atoms with Gasteiger partial charge >= 0.3 is 0 Å². The van der Waals surface area contributed by atoms with Crippen LogP contribution in [-0.4, -0.2) is 64.5 Å². The Labute approximate surface area is 148 Å². The fraction of sp³-hybridized carbons (Fsp3) is 0.632. The van der Waals surface area contributed by atoms with Crippen molar-refractivity contribution in [2.45, 2.75) is 56.3 Å². The van der Waals surface area contributed by atoms with Gasteiger partial charge in [-0.05, 0) is 45.5 Å². The zero-order valence-corrected chi connectivity index (χ0v) is 15.2. The lowest BCUT2D eigenvalue weighted by Gasteiger charge is -2.60. The van der Waals surface area contributed by atoms with Crippen molar-refractivity contribution in [2.24, 2.45) is 0 Å². The molecule has 6 nitrogen and oxygen atoms in total. The Balaban J connectivity index is 2.31. The van der Waals surface area contributed by atoms with Gasteiger partial charge in [0.15, 0.2) is 11.5 Å². The number of likely N-dealkylation sites (tertiary alicyclic amines) is 1. The molecule has 1 saturated carbocycles. The van der Waals surface area contributed by atoms with Crippen LogP contribution in [0.25, 0.3) is 0 Å². The number of rotatable bonds is 2. The van der Waals surface area contributed by atoms with E-state index >= 15 is 0 Å². The number of piperidine rings is 1. The fourth-order valence-corrected chi connectivity index (χ4v) is 4.96. The number of phenolic OH excluding ortho intramolecular Hbond substituents is 1. The molecule has 1 aromatic rings. The van der Waals surface area contributed by atoms with E-state index in [1.165, 1.54) is 7.11 Å². The first-order valence-electron chi connectivity index (χ1n) is 8.68. The van der Waals surface area contributed by atoms with E-state index in [0.29, 0.717) is 24.3 Å². The normalized spacial score (nSPS) is 36.2. The third-order valence-electron chi connectivity index (χ3n) is 6.43.